The number of nitrogens with zero attached hydrogens (tertiary/aromatic N) is 3. The van der Waals surface area contributed by atoms with E-state index in [0.717, 1.165) is 66.8 Å². The minimum atomic E-state index is -1.41. The van der Waals surface area contributed by atoms with E-state index in [0.29, 0.717) is 23.2 Å². The summed E-state index contributed by atoms with van der Waals surface area (Å²) < 4.78 is 6.10. The Kier molecular flexibility index (Phi) is 7.85. The number of hydrogen-bond donors (Lipinski definition) is 0. The number of benzene rings is 7. The molecule has 4 nitrogen and oxygen atoms in total. The third-order valence-corrected chi connectivity index (χ3v) is 9.51. The standard InChI is InChI=1S/C46H29B2N3O/c47-46(48)40-16-8-7-14-39(40)42-38(15-9-17-41(42)52-46)34-22-28-37(29-23-34)45-50-43(35-24-18-32(19-25-35)30-10-3-1-4-11-30)49-44(51-45)36-26-20-33(21-27-36)31-12-5-2-6-13-31/h1-29H. The fourth-order valence-corrected chi connectivity index (χ4v) is 6.86. The van der Waals surface area contributed by atoms with Crippen LogP contribution in [0.1, 0.15) is 5.56 Å². The van der Waals surface area contributed by atoms with Crippen LogP contribution in [0.5, 0.6) is 5.75 Å². The van der Waals surface area contributed by atoms with Gasteiger partial charge >= 0.3 is 0 Å². The average Bonchev–Trinajstić information content (AvgIpc) is 3.21. The molecule has 0 saturated heterocycles. The van der Waals surface area contributed by atoms with Gasteiger partial charge in [-0.3, -0.25) is 0 Å². The van der Waals surface area contributed by atoms with Crippen LogP contribution >= 0.6 is 0 Å². The maximum atomic E-state index is 6.39. The van der Waals surface area contributed by atoms with E-state index in [4.69, 9.17) is 35.4 Å². The molecular weight excluding hydrogens is 632 g/mol. The lowest BCUT2D eigenvalue weighted by molar-refractivity contribution is 0.241. The largest absolute Gasteiger partial charge is 0.502 e. The molecule has 1 aliphatic rings. The Labute approximate surface area is 305 Å². The number of hydrogen-bond acceptors (Lipinski definition) is 4. The predicted molar refractivity (Wildman–Crippen MR) is 212 cm³/mol. The Morgan fingerprint density at radius 2 is 0.731 bits per heavy atom. The van der Waals surface area contributed by atoms with Crippen LogP contribution in [0, 0.1) is 0 Å². The second-order valence-corrected chi connectivity index (χ2v) is 12.9. The molecule has 0 unspecified atom stereocenters. The van der Waals surface area contributed by atoms with Crippen LogP contribution < -0.4 is 4.74 Å². The van der Waals surface area contributed by atoms with Crippen molar-refractivity contribution in [2.75, 3.05) is 0 Å². The van der Waals surface area contributed by atoms with Crippen LogP contribution in [0.2, 0.25) is 0 Å². The molecule has 4 radical (unpaired) electrons. The zero-order valence-corrected chi connectivity index (χ0v) is 28.1. The van der Waals surface area contributed by atoms with Gasteiger partial charge in [0, 0.05) is 22.3 Å². The minimum absolute atomic E-state index is 0.589. The van der Waals surface area contributed by atoms with Gasteiger partial charge in [0.1, 0.15) is 21.4 Å². The smallest absolute Gasteiger partial charge is 0.164 e. The average molecular weight is 661 g/mol. The van der Waals surface area contributed by atoms with E-state index in [9.17, 15) is 0 Å². The highest BCUT2D eigenvalue weighted by Crippen LogP contribution is 2.47. The molecule has 240 valence electrons. The Morgan fingerprint density at radius 1 is 0.346 bits per heavy atom. The topological polar surface area (TPSA) is 47.9 Å². The highest BCUT2D eigenvalue weighted by atomic mass is 16.5. The maximum absolute atomic E-state index is 6.39. The van der Waals surface area contributed by atoms with Crippen LogP contribution in [0.3, 0.4) is 0 Å². The van der Waals surface area contributed by atoms with Gasteiger partial charge in [0.05, 0.1) is 5.40 Å². The molecule has 0 N–H and O–H groups in total. The SMILES string of the molecule is [B]C1([B])Oc2cccc(-c3ccc(-c4nc(-c5ccc(-c6ccccc6)cc5)nc(-c5ccc(-c6ccccc6)cc5)n4)cc3)c2-c2ccccc21. The molecule has 52 heavy (non-hydrogen) atoms. The zero-order chi connectivity index (χ0) is 35.1. The molecule has 0 bridgehead atoms. The summed E-state index contributed by atoms with van der Waals surface area (Å²) in [6.45, 7) is 0. The third-order valence-electron chi connectivity index (χ3n) is 9.51. The maximum Gasteiger partial charge on any atom is 0.164 e. The van der Waals surface area contributed by atoms with Gasteiger partial charge < -0.3 is 4.74 Å². The van der Waals surface area contributed by atoms with E-state index >= 15 is 0 Å². The van der Waals surface area contributed by atoms with Crippen molar-refractivity contribution in [3.63, 3.8) is 0 Å². The molecule has 6 heteroatoms. The van der Waals surface area contributed by atoms with Crippen molar-refractivity contribution >= 4 is 15.7 Å². The quantitative estimate of drug-likeness (QED) is 0.167. The van der Waals surface area contributed by atoms with Crippen LogP contribution in [-0.4, -0.2) is 30.6 Å². The Hall–Kier alpha value is -6.52. The molecule has 0 fully saturated rings. The molecule has 0 atom stereocenters. The molecule has 0 aliphatic carbocycles. The summed E-state index contributed by atoms with van der Waals surface area (Å²) in [4.78, 5) is 15.0. The minimum Gasteiger partial charge on any atom is -0.502 e. The highest BCUT2D eigenvalue weighted by molar-refractivity contribution is 6.40. The molecule has 2 heterocycles. The number of rotatable bonds is 6. The van der Waals surface area contributed by atoms with Gasteiger partial charge in [-0.05, 0) is 50.6 Å². The highest BCUT2D eigenvalue weighted by Gasteiger charge is 2.32. The van der Waals surface area contributed by atoms with Gasteiger partial charge in [-0.25, -0.2) is 15.0 Å². The molecule has 9 rings (SSSR count). The van der Waals surface area contributed by atoms with Crippen molar-refractivity contribution in [3.05, 3.63) is 181 Å². The van der Waals surface area contributed by atoms with Gasteiger partial charge in [-0.15, -0.1) is 0 Å². The summed E-state index contributed by atoms with van der Waals surface area (Å²) in [7, 11) is 12.8. The monoisotopic (exact) mass is 661 g/mol. The molecular formula is C46H29B2N3O. The first-order chi connectivity index (χ1) is 25.5. The Balaban J connectivity index is 1.11. The molecule has 1 aliphatic heterocycles. The molecule has 0 amide bonds. The van der Waals surface area contributed by atoms with Crippen molar-refractivity contribution in [3.8, 4) is 84.4 Å². The Morgan fingerprint density at radius 3 is 1.23 bits per heavy atom. The van der Waals surface area contributed by atoms with Crippen molar-refractivity contribution in [2.24, 2.45) is 0 Å². The van der Waals surface area contributed by atoms with E-state index < -0.39 is 5.40 Å². The van der Waals surface area contributed by atoms with Crippen molar-refractivity contribution in [1.82, 2.24) is 15.0 Å². The summed E-state index contributed by atoms with van der Waals surface area (Å²) in [6.07, 6.45) is 0. The summed E-state index contributed by atoms with van der Waals surface area (Å²) in [6, 6.07) is 59.5. The summed E-state index contributed by atoms with van der Waals surface area (Å²) >= 11 is 0. The summed E-state index contributed by atoms with van der Waals surface area (Å²) in [5.41, 5.74) is 12.0. The first-order valence-corrected chi connectivity index (χ1v) is 17.2. The van der Waals surface area contributed by atoms with Gasteiger partial charge in [0.2, 0.25) is 0 Å². The second-order valence-electron chi connectivity index (χ2n) is 12.9. The van der Waals surface area contributed by atoms with Crippen molar-refractivity contribution in [2.45, 2.75) is 5.40 Å². The molecule has 0 saturated carbocycles. The zero-order valence-electron chi connectivity index (χ0n) is 28.1. The van der Waals surface area contributed by atoms with Crippen LogP contribution in [-0.2, 0) is 5.40 Å². The van der Waals surface area contributed by atoms with Crippen molar-refractivity contribution in [1.29, 1.82) is 0 Å². The Bertz CT molecular complexity index is 2440. The molecule has 7 aromatic carbocycles. The third kappa shape index (κ3) is 5.88. The van der Waals surface area contributed by atoms with Crippen LogP contribution in [0.15, 0.2) is 176 Å². The predicted octanol–water partition coefficient (Wildman–Crippen LogP) is 10.4. The van der Waals surface area contributed by atoms with Gasteiger partial charge in [0.15, 0.2) is 17.5 Å². The van der Waals surface area contributed by atoms with Gasteiger partial charge in [-0.1, -0.05) is 170 Å². The van der Waals surface area contributed by atoms with E-state index in [2.05, 4.69) is 103 Å². The fourth-order valence-electron chi connectivity index (χ4n) is 6.86. The number of ether oxygens (including phenoxy) is 1. The van der Waals surface area contributed by atoms with E-state index in [1.807, 2.05) is 72.8 Å². The molecule has 8 aromatic rings. The van der Waals surface area contributed by atoms with Gasteiger partial charge in [-0.2, -0.15) is 0 Å². The fraction of sp³-hybridized carbons (Fsp3) is 0.0217. The van der Waals surface area contributed by atoms with Crippen molar-refractivity contribution < 1.29 is 4.74 Å². The summed E-state index contributed by atoms with van der Waals surface area (Å²) in [5, 5.41) is -1.41. The lowest BCUT2D eigenvalue weighted by Crippen LogP contribution is -2.37. The lowest BCUT2D eigenvalue weighted by atomic mass is 9.58. The first-order valence-electron chi connectivity index (χ1n) is 17.2. The second kappa shape index (κ2) is 13.0. The van der Waals surface area contributed by atoms with E-state index in [1.165, 1.54) is 0 Å². The van der Waals surface area contributed by atoms with Crippen LogP contribution in [0.25, 0.3) is 78.7 Å². The van der Waals surface area contributed by atoms with E-state index in [-0.39, 0.29) is 0 Å². The normalized spacial score (nSPS) is 12.7. The lowest BCUT2D eigenvalue weighted by Gasteiger charge is -2.37. The van der Waals surface area contributed by atoms with E-state index in [1.54, 1.807) is 0 Å². The van der Waals surface area contributed by atoms with Gasteiger partial charge in [0.25, 0.3) is 0 Å². The molecule has 1 aromatic heterocycles. The first kappa shape index (κ1) is 31.5. The molecule has 0 spiro atoms. The number of aromatic nitrogens is 3. The number of fused-ring (bicyclic) bond motifs is 3. The van der Waals surface area contributed by atoms with Crippen LogP contribution in [0.4, 0.5) is 0 Å². The summed E-state index contributed by atoms with van der Waals surface area (Å²) in [5.74, 6) is 2.45.